The van der Waals surface area contributed by atoms with E-state index in [1.165, 1.54) is 231 Å². The Labute approximate surface area is 648 Å². The van der Waals surface area contributed by atoms with E-state index in [4.69, 9.17) is 18.9 Å². The molecule has 14 nitrogen and oxygen atoms in total. The molecule has 14 heteroatoms. The van der Waals surface area contributed by atoms with Gasteiger partial charge in [0.2, 0.25) is 5.91 Å². The van der Waals surface area contributed by atoms with Crippen molar-refractivity contribution >= 4 is 5.91 Å². The first-order valence-corrected chi connectivity index (χ1v) is 44.1. The quantitative estimate of drug-likeness (QED) is 0.0204. The van der Waals surface area contributed by atoms with Crippen molar-refractivity contribution in [2.75, 3.05) is 19.8 Å². The predicted molar refractivity (Wildman–Crippen MR) is 442 cm³/mol. The molecule has 2 aliphatic rings. The molecule has 2 heterocycles. The van der Waals surface area contributed by atoms with Crippen LogP contribution in [-0.2, 0) is 23.7 Å². The first-order valence-electron chi connectivity index (χ1n) is 44.1. The third-order valence-electron chi connectivity index (χ3n) is 21.0. The van der Waals surface area contributed by atoms with Crippen molar-refractivity contribution in [3.8, 4) is 0 Å². The summed E-state index contributed by atoms with van der Waals surface area (Å²) in [7, 11) is 0. The van der Waals surface area contributed by atoms with Crippen LogP contribution in [0.3, 0.4) is 0 Å². The number of amides is 1. The lowest BCUT2D eigenvalue weighted by Gasteiger charge is -2.46. The van der Waals surface area contributed by atoms with E-state index >= 15 is 0 Å². The molecule has 12 atom stereocenters. The lowest BCUT2D eigenvalue weighted by molar-refractivity contribution is -0.359. The van der Waals surface area contributed by atoms with E-state index in [1.54, 1.807) is 0 Å². The summed E-state index contributed by atoms with van der Waals surface area (Å²) in [6.07, 6.45) is 91.4. The van der Waals surface area contributed by atoms with Gasteiger partial charge in [0.25, 0.3) is 0 Å². The average molecular weight is 1490 g/mol. The summed E-state index contributed by atoms with van der Waals surface area (Å²) in [5.41, 5.74) is 0. The van der Waals surface area contributed by atoms with Gasteiger partial charge in [0, 0.05) is 6.42 Å². The second-order valence-electron chi connectivity index (χ2n) is 30.6. The first-order chi connectivity index (χ1) is 52.1. The molecule has 2 rings (SSSR count). The Morgan fingerprint density at radius 3 is 1.00 bits per heavy atom. The van der Waals surface area contributed by atoms with Gasteiger partial charge >= 0.3 is 0 Å². The van der Waals surface area contributed by atoms with E-state index in [2.05, 4.69) is 129 Å². The summed E-state index contributed by atoms with van der Waals surface area (Å²) in [6, 6.07) is -0.840. The van der Waals surface area contributed by atoms with E-state index in [-0.39, 0.29) is 12.5 Å². The number of carbonyl (C=O) groups is 1. The summed E-state index contributed by atoms with van der Waals surface area (Å²) in [4.78, 5) is 13.4. The fourth-order valence-electron chi connectivity index (χ4n) is 14.1. The second kappa shape index (κ2) is 74.4. The minimum Gasteiger partial charge on any atom is -0.394 e. The lowest BCUT2D eigenvalue weighted by atomic mass is 9.97. The van der Waals surface area contributed by atoms with Crippen LogP contribution in [0.4, 0.5) is 0 Å². The molecule has 2 saturated heterocycles. The molecular formula is C92H163NO13. The Kier molecular flexibility index (Phi) is 69.3. The lowest BCUT2D eigenvalue weighted by Crippen LogP contribution is -2.65. The maximum absolute atomic E-state index is 13.4. The van der Waals surface area contributed by atoms with Crippen LogP contribution in [-0.4, -0.2) is 140 Å². The molecule has 0 radical (unpaired) electrons. The van der Waals surface area contributed by atoms with E-state index in [1.807, 2.05) is 0 Å². The molecule has 9 N–H and O–H groups in total. The van der Waals surface area contributed by atoms with E-state index < -0.39 is 86.8 Å². The minimum absolute atomic E-state index is 0.208. The fraction of sp³-hybridized carbons (Fsp3) is 0.793. The molecule has 2 aliphatic heterocycles. The van der Waals surface area contributed by atoms with Crippen molar-refractivity contribution < 1.29 is 64.6 Å². The maximum atomic E-state index is 13.4. The van der Waals surface area contributed by atoms with Crippen LogP contribution in [0.15, 0.2) is 109 Å². The third-order valence-corrected chi connectivity index (χ3v) is 21.0. The number of rotatable bonds is 74. The first kappa shape index (κ1) is 98.7. The van der Waals surface area contributed by atoms with Gasteiger partial charge < -0.3 is 65.1 Å². The Balaban J connectivity index is 1.58. The molecule has 0 bridgehead atoms. The molecule has 0 saturated carbocycles. The zero-order valence-electron chi connectivity index (χ0n) is 67.7. The van der Waals surface area contributed by atoms with Gasteiger partial charge in [-0.2, -0.15) is 0 Å². The number of unbranched alkanes of at least 4 members (excludes halogenated alkanes) is 43. The van der Waals surface area contributed by atoms with Crippen LogP contribution in [0.1, 0.15) is 373 Å². The highest BCUT2D eigenvalue weighted by molar-refractivity contribution is 5.76. The van der Waals surface area contributed by atoms with Crippen LogP contribution in [0.25, 0.3) is 0 Å². The summed E-state index contributed by atoms with van der Waals surface area (Å²) >= 11 is 0. The third kappa shape index (κ3) is 56.0. The highest BCUT2D eigenvalue weighted by Crippen LogP contribution is 2.31. The molecule has 0 aromatic carbocycles. The molecule has 0 aromatic heterocycles. The Bertz CT molecular complexity index is 2210. The monoisotopic (exact) mass is 1490 g/mol. The van der Waals surface area contributed by atoms with Gasteiger partial charge in [0.1, 0.15) is 48.8 Å². The fourth-order valence-corrected chi connectivity index (χ4v) is 14.1. The van der Waals surface area contributed by atoms with Crippen molar-refractivity contribution in [3.63, 3.8) is 0 Å². The number of nitrogens with one attached hydrogen (secondary N) is 1. The molecule has 2 fully saturated rings. The number of hydrogen-bond donors (Lipinski definition) is 9. The molecule has 1 amide bonds. The van der Waals surface area contributed by atoms with Crippen LogP contribution >= 0.6 is 0 Å². The number of hydrogen-bond acceptors (Lipinski definition) is 13. The smallest absolute Gasteiger partial charge is 0.220 e. The van der Waals surface area contributed by atoms with E-state index in [0.29, 0.717) is 19.3 Å². The summed E-state index contributed by atoms with van der Waals surface area (Å²) in [5, 5.41) is 88.0. The molecule has 0 aliphatic carbocycles. The zero-order valence-corrected chi connectivity index (χ0v) is 67.7. The van der Waals surface area contributed by atoms with Crippen molar-refractivity contribution in [3.05, 3.63) is 109 Å². The Morgan fingerprint density at radius 2 is 0.651 bits per heavy atom. The van der Waals surface area contributed by atoms with Crippen molar-refractivity contribution in [1.29, 1.82) is 0 Å². The summed E-state index contributed by atoms with van der Waals surface area (Å²) in [5.74, 6) is -0.208. The van der Waals surface area contributed by atoms with Crippen LogP contribution in [0.5, 0.6) is 0 Å². The maximum Gasteiger partial charge on any atom is 0.220 e. The van der Waals surface area contributed by atoms with Gasteiger partial charge in [-0.05, 0) is 83.5 Å². The van der Waals surface area contributed by atoms with E-state index in [9.17, 15) is 45.6 Å². The summed E-state index contributed by atoms with van der Waals surface area (Å²) < 4.78 is 23.0. The van der Waals surface area contributed by atoms with E-state index in [0.717, 1.165) is 109 Å². The number of ether oxygens (including phenoxy) is 4. The van der Waals surface area contributed by atoms with Crippen LogP contribution in [0, 0.1) is 0 Å². The van der Waals surface area contributed by atoms with Gasteiger partial charge in [-0.15, -0.1) is 0 Å². The van der Waals surface area contributed by atoms with Gasteiger partial charge in [0.15, 0.2) is 12.6 Å². The number of aliphatic hydroxyl groups excluding tert-OH is 8. The average Bonchev–Trinajstić information content (AvgIpc) is 0.789. The largest absolute Gasteiger partial charge is 0.394 e. The van der Waals surface area contributed by atoms with Gasteiger partial charge in [0.05, 0.1) is 32.0 Å². The molecule has 0 aromatic rings. The van der Waals surface area contributed by atoms with Crippen molar-refractivity contribution in [2.45, 2.75) is 447 Å². The molecule has 12 unspecified atom stereocenters. The normalized spacial score (nSPS) is 21.8. The van der Waals surface area contributed by atoms with Crippen LogP contribution < -0.4 is 5.32 Å². The Morgan fingerprint density at radius 1 is 0.349 bits per heavy atom. The summed E-state index contributed by atoms with van der Waals surface area (Å²) in [6.45, 7) is 2.80. The zero-order chi connectivity index (χ0) is 76.5. The number of aliphatic hydroxyl groups is 8. The van der Waals surface area contributed by atoms with Crippen molar-refractivity contribution in [1.82, 2.24) is 5.32 Å². The predicted octanol–water partition coefficient (Wildman–Crippen LogP) is 21.4. The van der Waals surface area contributed by atoms with Gasteiger partial charge in [-0.25, -0.2) is 0 Å². The SMILES string of the molecule is CC/C=C\C/C=C\C/C=C\C/C=C\C/C=C\C/C=C\C/C=C\C/C=C\C/C=C\CCCCCCCCCCCCCC(=O)NC(COC1OC(CO)C(OC2OC(CO)C(O)C(O)C2O)C(O)C1O)C(O)CCCCCCCCCCCCCCCCCCCCCCCCCCCCCCCCCCC. The Hall–Kier alpha value is -3.35. The standard InChI is InChI=1S/C92H163NO13/c1-3-5-7-9-11-13-15-17-19-21-23-25-27-29-31-33-35-37-38-39-40-41-42-44-46-48-50-52-54-56-58-60-62-64-66-68-70-72-74-76-84(97)93-80(79-103-91-89(102)87(100)90(83(78-95)105-91)106-92-88(101)86(99)85(98)82(77-94)104-92)81(96)75-73-71-69-67-65-63-61-59-57-55-53-51-49-47-45-43-36-34-32-30-28-26-24-22-20-18-16-14-12-10-8-6-4-2/h5,7,11,13,17,19,23,25,29,31,35,37,39-40,42,44,48,50,80-83,85-92,94-96,98-102H,3-4,6,8-10,12,14-16,18,20-22,24,26-28,30,32-34,36,38,41,43,45-47,49,51-79H2,1-2H3,(H,93,97)/b7-5-,13-11-,19-17-,25-23-,31-29-,37-35-,40-39-,44-42-,50-48-. The van der Waals surface area contributed by atoms with Crippen molar-refractivity contribution in [2.24, 2.45) is 0 Å². The topological polar surface area (TPSA) is 228 Å². The molecule has 0 spiro atoms. The molecular weight excluding hydrogens is 1330 g/mol. The second-order valence-corrected chi connectivity index (χ2v) is 30.6. The van der Waals surface area contributed by atoms with Gasteiger partial charge in [-0.3, -0.25) is 4.79 Å². The highest BCUT2D eigenvalue weighted by Gasteiger charge is 2.51. The molecule has 614 valence electrons. The van der Waals surface area contributed by atoms with Crippen LogP contribution in [0.2, 0.25) is 0 Å². The molecule has 106 heavy (non-hydrogen) atoms. The number of carbonyl (C=O) groups excluding carboxylic acids is 1. The number of allylic oxidation sites excluding steroid dienone is 18. The highest BCUT2D eigenvalue weighted by atomic mass is 16.7. The van der Waals surface area contributed by atoms with Gasteiger partial charge in [-0.1, -0.05) is 393 Å². The minimum atomic E-state index is -1.79.